The molecule has 0 unspecified atom stereocenters. The quantitative estimate of drug-likeness (QED) is 0.771. The summed E-state index contributed by atoms with van der Waals surface area (Å²) in [6.07, 6.45) is 0. The molecule has 3 nitrogen and oxygen atoms in total. The van der Waals surface area contributed by atoms with E-state index in [-0.39, 0.29) is 18.5 Å². The number of nitrogens with two attached hydrogens (primary N) is 1. The molecule has 0 aromatic heterocycles. The Balaban J connectivity index is 3.13. The molecule has 0 saturated heterocycles. The molecule has 1 rings (SSSR count). The summed E-state index contributed by atoms with van der Waals surface area (Å²) >= 11 is 0. The highest BCUT2D eigenvalue weighted by atomic mass is 19.1. The molecule has 0 bridgehead atoms. The highest BCUT2D eigenvalue weighted by Crippen LogP contribution is 2.27. The molecular weight excluding hydrogens is 207 g/mol. The van der Waals surface area contributed by atoms with Crippen LogP contribution < -0.4 is 10.6 Å². The van der Waals surface area contributed by atoms with E-state index in [1.807, 2.05) is 18.7 Å². The lowest BCUT2D eigenvalue weighted by Crippen LogP contribution is -2.34. The molecule has 0 heterocycles. The molecule has 0 spiro atoms. The topological polar surface area (TPSA) is 49.5 Å². The number of hydrogen-bond donors (Lipinski definition) is 2. The number of nitrogens with zero attached hydrogens (tertiary/aromatic N) is 1. The lowest BCUT2D eigenvalue weighted by Gasteiger charge is -2.29. The fraction of sp³-hybridized carbons (Fsp3) is 0.500. The maximum Gasteiger partial charge on any atom is 0.128 e. The number of aliphatic hydroxyl groups is 1. The van der Waals surface area contributed by atoms with Gasteiger partial charge in [0.2, 0.25) is 0 Å². The maximum atomic E-state index is 13.3. The molecule has 0 aliphatic rings. The van der Waals surface area contributed by atoms with Crippen LogP contribution in [0, 0.1) is 12.7 Å². The Kier molecular flexibility index (Phi) is 4.12. The average molecular weight is 226 g/mol. The summed E-state index contributed by atoms with van der Waals surface area (Å²) in [6.45, 7) is 6.26. The van der Waals surface area contributed by atoms with Crippen LogP contribution in [0.25, 0.3) is 0 Å². The van der Waals surface area contributed by atoms with Gasteiger partial charge in [0.1, 0.15) is 5.82 Å². The molecule has 4 heteroatoms. The van der Waals surface area contributed by atoms with Crippen LogP contribution in [-0.4, -0.2) is 24.3 Å². The summed E-state index contributed by atoms with van der Waals surface area (Å²) in [5, 5.41) is 9.01. The van der Waals surface area contributed by atoms with Gasteiger partial charge in [-0.2, -0.15) is 0 Å². The van der Waals surface area contributed by atoms with Gasteiger partial charge in [0.05, 0.1) is 18.0 Å². The van der Waals surface area contributed by atoms with Crippen molar-refractivity contribution < 1.29 is 9.50 Å². The molecule has 1 aromatic carbocycles. The second-order valence-electron chi connectivity index (χ2n) is 4.17. The third-order valence-corrected chi connectivity index (χ3v) is 2.58. The largest absolute Gasteiger partial charge is 0.397 e. The average Bonchev–Trinajstić information content (AvgIpc) is 2.20. The van der Waals surface area contributed by atoms with Crippen LogP contribution in [0.1, 0.15) is 19.4 Å². The third kappa shape index (κ3) is 2.64. The molecule has 0 aliphatic heterocycles. The van der Waals surface area contributed by atoms with Crippen LogP contribution in [0.4, 0.5) is 15.8 Å². The molecular formula is C12H19FN2O. The van der Waals surface area contributed by atoms with E-state index < -0.39 is 0 Å². The number of halogens is 1. The van der Waals surface area contributed by atoms with Crippen molar-refractivity contribution >= 4 is 11.4 Å². The van der Waals surface area contributed by atoms with Crippen molar-refractivity contribution in [3.05, 3.63) is 23.5 Å². The molecule has 0 fully saturated rings. The number of hydrogen-bond acceptors (Lipinski definition) is 3. The van der Waals surface area contributed by atoms with E-state index in [2.05, 4.69) is 0 Å². The number of anilines is 2. The van der Waals surface area contributed by atoms with Gasteiger partial charge < -0.3 is 15.7 Å². The van der Waals surface area contributed by atoms with Crippen LogP contribution in [0.2, 0.25) is 0 Å². The van der Waals surface area contributed by atoms with Crippen LogP contribution in [0.3, 0.4) is 0 Å². The Morgan fingerprint density at radius 1 is 1.44 bits per heavy atom. The zero-order valence-electron chi connectivity index (χ0n) is 10.00. The first-order valence-electron chi connectivity index (χ1n) is 5.40. The van der Waals surface area contributed by atoms with E-state index in [0.717, 1.165) is 5.69 Å². The van der Waals surface area contributed by atoms with Crippen molar-refractivity contribution in [3.63, 3.8) is 0 Å². The van der Waals surface area contributed by atoms with Crippen molar-refractivity contribution in [1.29, 1.82) is 0 Å². The highest BCUT2D eigenvalue weighted by Gasteiger charge is 2.14. The summed E-state index contributed by atoms with van der Waals surface area (Å²) in [5.74, 6) is -0.297. The first kappa shape index (κ1) is 12.8. The Bertz CT molecular complexity index is 366. The summed E-state index contributed by atoms with van der Waals surface area (Å²) in [4.78, 5) is 1.96. The summed E-state index contributed by atoms with van der Waals surface area (Å²) < 4.78 is 13.3. The molecule has 0 atom stereocenters. The van der Waals surface area contributed by atoms with Gasteiger partial charge in [0, 0.05) is 12.6 Å². The molecule has 0 radical (unpaired) electrons. The van der Waals surface area contributed by atoms with Gasteiger partial charge in [-0.1, -0.05) is 0 Å². The second-order valence-corrected chi connectivity index (χ2v) is 4.17. The lowest BCUT2D eigenvalue weighted by molar-refractivity contribution is 0.299. The van der Waals surface area contributed by atoms with E-state index >= 15 is 0 Å². The predicted molar refractivity (Wildman–Crippen MR) is 65.1 cm³/mol. The summed E-state index contributed by atoms with van der Waals surface area (Å²) in [6, 6.07) is 3.26. The minimum atomic E-state index is -0.297. The van der Waals surface area contributed by atoms with Gasteiger partial charge in [0.25, 0.3) is 0 Å². The van der Waals surface area contributed by atoms with E-state index in [0.29, 0.717) is 17.8 Å². The normalized spacial score (nSPS) is 10.9. The summed E-state index contributed by atoms with van der Waals surface area (Å²) in [7, 11) is 0. The number of aryl methyl sites for hydroxylation is 1. The Labute approximate surface area is 95.7 Å². The van der Waals surface area contributed by atoms with Gasteiger partial charge in [-0.3, -0.25) is 0 Å². The van der Waals surface area contributed by atoms with Gasteiger partial charge >= 0.3 is 0 Å². The first-order valence-corrected chi connectivity index (χ1v) is 5.40. The SMILES string of the molecule is Cc1cc(N(CCO)C(C)C)c(N)cc1F. The van der Waals surface area contributed by atoms with E-state index in [9.17, 15) is 4.39 Å². The molecule has 0 saturated carbocycles. The van der Waals surface area contributed by atoms with E-state index in [1.54, 1.807) is 13.0 Å². The lowest BCUT2D eigenvalue weighted by atomic mass is 10.1. The second kappa shape index (κ2) is 5.16. The molecule has 0 amide bonds. The van der Waals surface area contributed by atoms with Crippen molar-refractivity contribution in [2.45, 2.75) is 26.8 Å². The van der Waals surface area contributed by atoms with Crippen LogP contribution in [0.5, 0.6) is 0 Å². The van der Waals surface area contributed by atoms with Crippen molar-refractivity contribution in [1.82, 2.24) is 0 Å². The molecule has 0 aliphatic carbocycles. The smallest absolute Gasteiger partial charge is 0.128 e. The standard InChI is InChI=1S/C12H19FN2O/c1-8(2)15(4-5-16)12-6-9(3)10(13)7-11(12)14/h6-8,16H,4-5,14H2,1-3H3. The number of benzene rings is 1. The van der Waals surface area contributed by atoms with Gasteiger partial charge in [-0.05, 0) is 38.5 Å². The minimum Gasteiger partial charge on any atom is -0.397 e. The molecule has 90 valence electrons. The predicted octanol–water partition coefficient (Wildman–Crippen LogP) is 1.92. The zero-order valence-corrected chi connectivity index (χ0v) is 10.00. The Hall–Kier alpha value is -1.29. The van der Waals surface area contributed by atoms with Crippen LogP contribution in [-0.2, 0) is 0 Å². The van der Waals surface area contributed by atoms with Crippen molar-refractivity contribution in [2.75, 3.05) is 23.8 Å². The molecule has 3 N–H and O–H groups in total. The fourth-order valence-corrected chi connectivity index (χ4v) is 1.69. The minimum absolute atomic E-state index is 0.0496. The number of rotatable bonds is 4. The monoisotopic (exact) mass is 226 g/mol. The molecule has 1 aromatic rings. The maximum absolute atomic E-state index is 13.3. The third-order valence-electron chi connectivity index (χ3n) is 2.58. The molecule has 16 heavy (non-hydrogen) atoms. The van der Waals surface area contributed by atoms with Crippen molar-refractivity contribution in [3.8, 4) is 0 Å². The van der Waals surface area contributed by atoms with Crippen LogP contribution >= 0.6 is 0 Å². The van der Waals surface area contributed by atoms with E-state index in [1.165, 1.54) is 6.07 Å². The van der Waals surface area contributed by atoms with Gasteiger partial charge in [-0.15, -0.1) is 0 Å². The number of aliphatic hydroxyl groups excluding tert-OH is 1. The Morgan fingerprint density at radius 3 is 2.56 bits per heavy atom. The fourth-order valence-electron chi connectivity index (χ4n) is 1.69. The first-order chi connectivity index (χ1) is 7.47. The highest BCUT2D eigenvalue weighted by molar-refractivity contribution is 5.69. The Morgan fingerprint density at radius 2 is 2.06 bits per heavy atom. The van der Waals surface area contributed by atoms with Gasteiger partial charge in [-0.25, -0.2) is 4.39 Å². The van der Waals surface area contributed by atoms with Crippen molar-refractivity contribution in [2.24, 2.45) is 0 Å². The summed E-state index contributed by atoms with van der Waals surface area (Å²) in [5.41, 5.74) is 7.55. The number of nitrogen functional groups attached to an aromatic ring is 1. The zero-order chi connectivity index (χ0) is 12.3. The van der Waals surface area contributed by atoms with Crippen LogP contribution in [0.15, 0.2) is 12.1 Å². The van der Waals surface area contributed by atoms with Gasteiger partial charge in [0.15, 0.2) is 0 Å². The van der Waals surface area contributed by atoms with E-state index in [4.69, 9.17) is 10.8 Å².